The lowest BCUT2D eigenvalue weighted by Gasteiger charge is -2.40. The molecule has 1 aromatic carbocycles. The van der Waals surface area contributed by atoms with Gasteiger partial charge in [0.05, 0.1) is 16.5 Å². The van der Waals surface area contributed by atoms with Gasteiger partial charge in [-0.3, -0.25) is 9.59 Å². The number of likely N-dealkylation sites (tertiary alicyclic amines) is 1. The summed E-state index contributed by atoms with van der Waals surface area (Å²) >= 11 is 0. The zero-order chi connectivity index (χ0) is 23.8. The fraction of sp³-hybridized carbons (Fsp3) is 0.667. The fourth-order valence-electron chi connectivity index (χ4n) is 6.93. The van der Waals surface area contributed by atoms with Crippen molar-refractivity contribution in [1.82, 2.24) is 10.2 Å². The van der Waals surface area contributed by atoms with Crippen molar-refractivity contribution in [2.75, 3.05) is 31.1 Å². The first-order valence-electron chi connectivity index (χ1n) is 13.1. The van der Waals surface area contributed by atoms with Crippen molar-refractivity contribution in [3.63, 3.8) is 0 Å². The topological polar surface area (TPSA) is 89.9 Å². The molecule has 0 unspecified atom stereocenters. The van der Waals surface area contributed by atoms with E-state index >= 15 is 0 Å². The van der Waals surface area contributed by atoms with E-state index in [0.717, 1.165) is 95.0 Å². The van der Waals surface area contributed by atoms with Gasteiger partial charge in [0.1, 0.15) is 0 Å². The number of fused-ring (bicyclic) bond motifs is 2. The van der Waals surface area contributed by atoms with E-state index in [0.29, 0.717) is 19.0 Å². The number of rotatable bonds is 5. The van der Waals surface area contributed by atoms with E-state index in [4.69, 9.17) is 0 Å². The summed E-state index contributed by atoms with van der Waals surface area (Å²) in [6.45, 7) is 2.92. The van der Waals surface area contributed by atoms with Crippen LogP contribution in [0, 0.1) is 11.3 Å². The Morgan fingerprint density at radius 2 is 1.62 bits per heavy atom. The number of nitrogens with one attached hydrogen (secondary N) is 1. The third kappa shape index (κ3) is 4.02. The zero-order valence-electron chi connectivity index (χ0n) is 20.1. The molecule has 184 valence electrons. The highest BCUT2D eigenvalue weighted by atomic mass is 16.4. The maximum atomic E-state index is 13.4. The summed E-state index contributed by atoms with van der Waals surface area (Å²) in [4.78, 5) is 42.3. The summed E-state index contributed by atoms with van der Waals surface area (Å²) in [5, 5.41) is 12.9. The van der Waals surface area contributed by atoms with Crippen LogP contribution in [0.25, 0.3) is 0 Å². The number of para-hydroxylation sites is 1. The maximum absolute atomic E-state index is 13.4. The molecular formula is C27H37N3O4. The Hall–Kier alpha value is -2.41. The Labute approximate surface area is 201 Å². The molecule has 1 saturated heterocycles. The van der Waals surface area contributed by atoms with Crippen LogP contribution in [-0.2, 0) is 15.0 Å². The molecule has 34 heavy (non-hydrogen) atoms. The molecule has 2 heterocycles. The number of benzene rings is 1. The summed E-state index contributed by atoms with van der Waals surface area (Å²) in [7, 11) is 0. The number of urea groups is 1. The molecular weight excluding hydrogens is 430 g/mol. The lowest BCUT2D eigenvalue weighted by Crippen LogP contribution is -2.49. The number of carboxylic acid groups (broad SMARTS) is 1. The minimum atomic E-state index is -0.641. The van der Waals surface area contributed by atoms with E-state index in [1.807, 2.05) is 24.3 Å². The Balaban J connectivity index is 1.16. The van der Waals surface area contributed by atoms with Crippen molar-refractivity contribution < 1.29 is 19.5 Å². The predicted molar refractivity (Wildman–Crippen MR) is 130 cm³/mol. The van der Waals surface area contributed by atoms with Crippen LogP contribution in [0.15, 0.2) is 24.3 Å². The maximum Gasteiger partial charge on any atom is 0.328 e. The Bertz CT molecular complexity index is 941. The van der Waals surface area contributed by atoms with Crippen LogP contribution in [0.4, 0.5) is 10.5 Å². The molecule has 3 fully saturated rings. The molecule has 0 aromatic heterocycles. The highest BCUT2D eigenvalue weighted by molar-refractivity contribution is 6.22. The van der Waals surface area contributed by atoms with E-state index in [1.54, 1.807) is 0 Å². The molecule has 2 N–H and O–H groups in total. The molecule has 0 atom stereocenters. The molecule has 0 bridgehead atoms. The Morgan fingerprint density at radius 3 is 2.29 bits per heavy atom. The summed E-state index contributed by atoms with van der Waals surface area (Å²) in [6, 6.07) is 7.45. The highest BCUT2D eigenvalue weighted by Gasteiger charge is 2.53. The van der Waals surface area contributed by atoms with Crippen LogP contribution in [0.2, 0.25) is 0 Å². The summed E-state index contributed by atoms with van der Waals surface area (Å²) < 4.78 is 0. The van der Waals surface area contributed by atoms with Gasteiger partial charge in [-0.15, -0.1) is 0 Å². The number of nitrogens with zero attached hydrogens (tertiary/aromatic N) is 2. The lowest BCUT2D eigenvalue weighted by atomic mass is 9.73. The van der Waals surface area contributed by atoms with Crippen molar-refractivity contribution in [3.8, 4) is 0 Å². The second-order valence-electron chi connectivity index (χ2n) is 11.0. The van der Waals surface area contributed by atoms with Gasteiger partial charge in [-0.25, -0.2) is 9.69 Å². The third-order valence-corrected chi connectivity index (χ3v) is 8.97. The van der Waals surface area contributed by atoms with Gasteiger partial charge < -0.3 is 15.3 Å². The van der Waals surface area contributed by atoms with Crippen LogP contribution < -0.4 is 10.2 Å². The van der Waals surface area contributed by atoms with Crippen molar-refractivity contribution in [1.29, 1.82) is 0 Å². The molecule has 2 aliphatic heterocycles. The SMILES string of the molecule is O=C(NCC1CCN(CC2(C(=O)O)CCCCC2)CC1)N1C(=O)C2(CCCC2)c2ccccc21. The third-order valence-electron chi connectivity index (χ3n) is 8.97. The van der Waals surface area contributed by atoms with Gasteiger partial charge in [0.15, 0.2) is 0 Å². The lowest BCUT2D eigenvalue weighted by molar-refractivity contribution is -0.152. The number of carboxylic acids is 1. The molecule has 2 aliphatic carbocycles. The van der Waals surface area contributed by atoms with Crippen LogP contribution in [0.1, 0.15) is 76.2 Å². The summed E-state index contributed by atoms with van der Waals surface area (Å²) in [5.74, 6) is -0.358. The number of aliphatic carboxylic acids is 1. The van der Waals surface area contributed by atoms with E-state index in [-0.39, 0.29) is 11.9 Å². The zero-order valence-corrected chi connectivity index (χ0v) is 20.1. The predicted octanol–water partition coefficient (Wildman–Crippen LogP) is 4.30. The summed E-state index contributed by atoms with van der Waals surface area (Å²) in [5.41, 5.74) is 0.654. The second-order valence-corrected chi connectivity index (χ2v) is 11.0. The van der Waals surface area contributed by atoms with Crippen LogP contribution in [0.3, 0.4) is 0 Å². The van der Waals surface area contributed by atoms with Crippen molar-refractivity contribution >= 4 is 23.6 Å². The molecule has 4 aliphatic rings. The van der Waals surface area contributed by atoms with E-state index in [9.17, 15) is 19.5 Å². The smallest absolute Gasteiger partial charge is 0.328 e. The van der Waals surface area contributed by atoms with E-state index in [2.05, 4.69) is 10.2 Å². The number of imide groups is 1. The molecule has 0 radical (unpaired) electrons. The normalized spacial score (nSPS) is 24.4. The largest absolute Gasteiger partial charge is 0.481 e. The summed E-state index contributed by atoms with van der Waals surface area (Å²) in [6.07, 6.45) is 10.3. The minimum absolute atomic E-state index is 0.0648. The van der Waals surface area contributed by atoms with Crippen LogP contribution >= 0.6 is 0 Å². The number of hydrogen-bond donors (Lipinski definition) is 2. The quantitative estimate of drug-likeness (QED) is 0.674. The van der Waals surface area contributed by atoms with Gasteiger partial charge in [0.25, 0.3) is 0 Å². The van der Waals surface area contributed by atoms with Gasteiger partial charge in [-0.1, -0.05) is 50.3 Å². The molecule has 3 amide bonds. The standard InChI is InChI=1S/C27H37N3O4/c31-23-27(14-6-7-15-27)21-8-2-3-9-22(21)30(23)25(34)28-18-20-10-16-29(17-11-20)19-26(24(32)33)12-4-1-5-13-26/h2-3,8-9,20H,1,4-7,10-19H2,(H,28,34)(H,32,33). The fourth-order valence-corrected chi connectivity index (χ4v) is 6.93. The van der Waals surface area contributed by atoms with Gasteiger partial charge in [-0.05, 0) is 69.2 Å². The number of hydrogen-bond acceptors (Lipinski definition) is 4. The average Bonchev–Trinajstić information content (AvgIpc) is 3.44. The average molecular weight is 468 g/mol. The van der Waals surface area contributed by atoms with Gasteiger partial charge in [0.2, 0.25) is 5.91 Å². The van der Waals surface area contributed by atoms with Crippen molar-refractivity contribution in [2.24, 2.45) is 11.3 Å². The first-order valence-corrected chi connectivity index (χ1v) is 13.1. The monoisotopic (exact) mass is 467 g/mol. The highest BCUT2D eigenvalue weighted by Crippen LogP contribution is 2.51. The van der Waals surface area contributed by atoms with Crippen molar-refractivity contribution in [3.05, 3.63) is 29.8 Å². The van der Waals surface area contributed by atoms with E-state index < -0.39 is 16.8 Å². The number of amides is 3. The van der Waals surface area contributed by atoms with Gasteiger partial charge in [-0.2, -0.15) is 0 Å². The number of anilines is 1. The second kappa shape index (κ2) is 9.33. The molecule has 1 spiro atoms. The number of piperidine rings is 1. The number of carbonyl (C=O) groups excluding carboxylic acids is 2. The first-order chi connectivity index (χ1) is 16.5. The Morgan fingerprint density at radius 1 is 0.971 bits per heavy atom. The van der Waals surface area contributed by atoms with Crippen LogP contribution in [-0.4, -0.2) is 54.1 Å². The molecule has 2 saturated carbocycles. The van der Waals surface area contributed by atoms with Gasteiger partial charge >= 0.3 is 12.0 Å². The van der Waals surface area contributed by atoms with Crippen molar-refractivity contribution in [2.45, 2.75) is 76.0 Å². The molecule has 1 aromatic rings. The van der Waals surface area contributed by atoms with Crippen LogP contribution in [0.5, 0.6) is 0 Å². The Kier molecular flexibility index (Phi) is 6.40. The molecule has 7 nitrogen and oxygen atoms in total. The molecule has 5 rings (SSSR count). The minimum Gasteiger partial charge on any atom is -0.481 e. The van der Waals surface area contributed by atoms with E-state index in [1.165, 1.54) is 4.90 Å². The molecule has 7 heteroatoms. The number of carbonyl (C=O) groups is 3. The van der Waals surface area contributed by atoms with Gasteiger partial charge in [0, 0.05) is 13.1 Å². The first kappa shape index (κ1) is 23.3.